The highest BCUT2D eigenvalue weighted by molar-refractivity contribution is 7.89. The van der Waals surface area contributed by atoms with Gasteiger partial charge in [0.25, 0.3) is 0 Å². The molecule has 1 aromatic carbocycles. The molecule has 0 saturated heterocycles. The Labute approximate surface area is 190 Å². The average molecular weight is 496 g/mol. The molecule has 0 aliphatic rings. The van der Waals surface area contributed by atoms with Crippen LogP contribution in [-0.2, 0) is 16.2 Å². The van der Waals surface area contributed by atoms with Gasteiger partial charge in [0.2, 0.25) is 10.0 Å². The van der Waals surface area contributed by atoms with E-state index in [2.05, 4.69) is 17.9 Å². The lowest BCUT2D eigenvalue weighted by atomic mass is 9.93. The maximum Gasteiger partial charge on any atom is 0.420 e. The molecule has 1 aromatic rings. The molecule has 0 saturated carbocycles. The largest absolute Gasteiger partial charge is 0.506 e. The van der Waals surface area contributed by atoms with Crippen LogP contribution in [0.1, 0.15) is 18.9 Å². The van der Waals surface area contributed by atoms with Crippen LogP contribution < -0.4 is 4.72 Å². The number of alkyl halides is 3. The van der Waals surface area contributed by atoms with Crippen molar-refractivity contribution >= 4 is 33.2 Å². The molecule has 0 aliphatic heterocycles. The molecule has 10 heteroatoms. The van der Waals surface area contributed by atoms with Gasteiger partial charge in [0.1, 0.15) is 16.2 Å². The van der Waals surface area contributed by atoms with Gasteiger partial charge >= 0.3 is 6.18 Å². The van der Waals surface area contributed by atoms with Gasteiger partial charge in [-0.25, -0.2) is 13.1 Å². The molecule has 31 heavy (non-hydrogen) atoms. The fourth-order valence-corrected chi connectivity index (χ4v) is 4.23. The van der Waals surface area contributed by atoms with Crippen molar-refractivity contribution in [1.82, 2.24) is 4.72 Å². The van der Waals surface area contributed by atoms with E-state index in [0.29, 0.717) is 18.1 Å². The van der Waals surface area contributed by atoms with Crippen molar-refractivity contribution in [3.05, 3.63) is 82.9 Å². The lowest BCUT2D eigenvalue weighted by molar-refractivity contribution is -0.139. The van der Waals surface area contributed by atoms with E-state index >= 15 is 0 Å². The lowest BCUT2D eigenvalue weighted by Gasteiger charge is -2.16. The van der Waals surface area contributed by atoms with Crippen LogP contribution >= 0.6 is 23.2 Å². The number of nitrogens with one attached hydrogen (secondary N) is 1. The van der Waals surface area contributed by atoms with Crippen molar-refractivity contribution < 1.29 is 26.7 Å². The minimum Gasteiger partial charge on any atom is -0.506 e. The van der Waals surface area contributed by atoms with Crippen LogP contribution in [-0.4, -0.2) is 20.1 Å². The van der Waals surface area contributed by atoms with Crippen molar-refractivity contribution in [1.29, 1.82) is 0 Å². The topological polar surface area (TPSA) is 66.4 Å². The first-order chi connectivity index (χ1) is 14.4. The monoisotopic (exact) mass is 495 g/mol. The van der Waals surface area contributed by atoms with Crippen LogP contribution in [0.15, 0.2) is 77.2 Å². The van der Waals surface area contributed by atoms with Crippen molar-refractivity contribution in [2.75, 3.05) is 6.54 Å². The van der Waals surface area contributed by atoms with Crippen LogP contribution in [0.25, 0.3) is 0 Å². The quantitative estimate of drug-likeness (QED) is 0.293. The molecule has 0 radical (unpaired) electrons. The van der Waals surface area contributed by atoms with Gasteiger partial charge in [-0.15, -0.1) is 6.58 Å². The first-order valence-electron chi connectivity index (χ1n) is 8.84. The zero-order chi connectivity index (χ0) is 23.8. The maximum atomic E-state index is 13.0. The molecule has 0 heterocycles. The van der Waals surface area contributed by atoms with Gasteiger partial charge < -0.3 is 5.11 Å². The summed E-state index contributed by atoms with van der Waals surface area (Å²) in [5.41, 5.74) is 1.18. The van der Waals surface area contributed by atoms with E-state index in [0.717, 1.165) is 11.6 Å². The number of hydrogen-bond donors (Lipinski definition) is 2. The summed E-state index contributed by atoms with van der Waals surface area (Å²) >= 11 is 11.2. The van der Waals surface area contributed by atoms with E-state index in [4.69, 9.17) is 23.2 Å². The zero-order valence-corrected chi connectivity index (χ0v) is 18.9. The Morgan fingerprint density at radius 1 is 1.32 bits per heavy atom. The molecule has 0 aromatic heterocycles. The molecule has 0 amide bonds. The molecule has 0 aliphatic carbocycles. The number of benzene rings is 1. The molecule has 1 unspecified atom stereocenters. The first kappa shape index (κ1) is 27.0. The highest BCUT2D eigenvalue weighted by atomic mass is 35.5. The maximum absolute atomic E-state index is 13.0. The average Bonchev–Trinajstić information content (AvgIpc) is 2.67. The Morgan fingerprint density at radius 3 is 2.48 bits per heavy atom. The highest BCUT2D eigenvalue weighted by Crippen LogP contribution is 2.41. The summed E-state index contributed by atoms with van der Waals surface area (Å²) in [5, 5.41) is 9.42. The number of rotatable bonds is 10. The fraction of sp³-hybridized carbons (Fsp3) is 0.238. The van der Waals surface area contributed by atoms with Gasteiger partial charge in [0.15, 0.2) is 0 Å². The van der Waals surface area contributed by atoms with Crippen molar-refractivity contribution in [3.8, 4) is 5.75 Å². The van der Waals surface area contributed by atoms with E-state index < -0.39 is 37.4 Å². The number of phenolic OH excluding ortho intramolecular Hbond substituents is 1. The van der Waals surface area contributed by atoms with Crippen LogP contribution in [0, 0.1) is 5.92 Å². The predicted molar refractivity (Wildman–Crippen MR) is 119 cm³/mol. The molecular formula is C21H22Cl2F3NO3S. The molecule has 0 fully saturated rings. The van der Waals surface area contributed by atoms with Crippen LogP contribution in [0.2, 0.25) is 5.02 Å². The molecule has 1 atom stereocenters. The van der Waals surface area contributed by atoms with Gasteiger partial charge in [0, 0.05) is 23.0 Å². The van der Waals surface area contributed by atoms with Crippen molar-refractivity contribution in [2.45, 2.75) is 24.4 Å². The first-order valence-corrected chi connectivity index (χ1v) is 11.1. The third-order valence-electron chi connectivity index (χ3n) is 4.11. The number of aromatic hydroxyl groups is 1. The molecular weight excluding hydrogens is 474 g/mol. The van der Waals surface area contributed by atoms with Gasteiger partial charge in [-0.2, -0.15) is 13.2 Å². The Kier molecular flexibility index (Phi) is 10.1. The molecule has 0 bridgehead atoms. The zero-order valence-electron chi connectivity index (χ0n) is 16.6. The second-order valence-electron chi connectivity index (χ2n) is 6.46. The minimum atomic E-state index is -4.97. The van der Waals surface area contributed by atoms with E-state index in [9.17, 15) is 26.7 Å². The molecule has 1 rings (SSSR count). The summed E-state index contributed by atoms with van der Waals surface area (Å²) in [6.45, 7) is 8.88. The smallest absolute Gasteiger partial charge is 0.420 e. The molecule has 170 valence electrons. The van der Waals surface area contributed by atoms with Crippen molar-refractivity contribution in [3.63, 3.8) is 0 Å². The predicted octanol–water partition coefficient (Wildman–Crippen LogP) is 6.35. The van der Waals surface area contributed by atoms with Gasteiger partial charge in [-0.05, 0) is 31.1 Å². The van der Waals surface area contributed by atoms with E-state index in [1.54, 1.807) is 37.3 Å². The summed E-state index contributed by atoms with van der Waals surface area (Å²) in [5.74, 6) is -1.59. The number of phenols is 1. The van der Waals surface area contributed by atoms with Crippen molar-refractivity contribution in [2.24, 2.45) is 5.92 Å². The number of sulfonamides is 1. The number of hydrogen-bond acceptors (Lipinski definition) is 3. The van der Waals surface area contributed by atoms with Crippen LogP contribution in [0.5, 0.6) is 5.75 Å². The minimum absolute atomic E-state index is 0.177. The Bertz CT molecular complexity index is 1010. The fourth-order valence-electron chi connectivity index (χ4n) is 2.65. The highest BCUT2D eigenvalue weighted by Gasteiger charge is 2.37. The molecule has 0 spiro atoms. The summed E-state index contributed by atoms with van der Waals surface area (Å²) in [4.78, 5) is -0.957. The Morgan fingerprint density at radius 2 is 1.97 bits per heavy atom. The number of allylic oxidation sites excluding steroid dienone is 6. The standard InChI is InChI=1S/C21H22Cl2F3NO3S/c1-4-7-16(15(5-2)8-6-9-22)10-14(3)13-27-31(29,30)19-12-17(23)11-18(20(19)28)21(24,25)26/h4-6,8-12,16,27-28H,1-2,7,13H2,3H3/b9-6+,14-10+,15-8+. The van der Waals surface area contributed by atoms with Crippen LogP contribution in [0.3, 0.4) is 0 Å². The normalized spacial score (nSPS) is 14.6. The second-order valence-corrected chi connectivity index (χ2v) is 8.88. The Hall–Kier alpha value is -2.00. The third-order valence-corrected chi connectivity index (χ3v) is 5.89. The summed E-state index contributed by atoms with van der Waals surface area (Å²) in [7, 11) is -4.49. The SMILES string of the molecule is C=CCC(/C=C(\C)CNS(=O)(=O)c1cc(Cl)cc(C(F)(F)F)c1O)/C(C=C)=C/C=C/Cl. The van der Waals surface area contributed by atoms with Gasteiger partial charge in [-0.1, -0.05) is 65.7 Å². The van der Waals surface area contributed by atoms with E-state index in [1.807, 2.05) is 0 Å². The van der Waals surface area contributed by atoms with E-state index in [1.165, 1.54) is 5.54 Å². The third kappa shape index (κ3) is 7.88. The van der Waals surface area contributed by atoms with Gasteiger partial charge in [0.05, 0.1) is 0 Å². The lowest BCUT2D eigenvalue weighted by Crippen LogP contribution is -2.26. The molecule has 4 nitrogen and oxygen atoms in total. The van der Waals surface area contributed by atoms with E-state index in [-0.39, 0.29) is 12.5 Å². The molecule has 2 N–H and O–H groups in total. The summed E-state index contributed by atoms with van der Waals surface area (Å²) in [6.07, 6.45) is 3.99. The summed E-state index contributed by atoms with van der Waals surface area (Å²) < 4.78 is 66.4. The summed E-state index contributed by atoms with van der Waals surface area (Å²) in [6, 6.07) is 1.21. The Balaban J connectivity index is 3.19. The number of halogens is 5. The second kappa shape index (κ2) is 11.6. The van der Waals surface area contributed by atoms with Crippen LogP contribution in [0.4, 0.5) is 13.2 Å². The van der Waals surface area contributed by atoms with Gasteiger partial charge in [-0.3, -0.25) is 0 Å².